The van der Waals surface area contributed by atoms with Crippen molar-refractivity contribution in [2.24, 2.45) is 0 Å². The van der Waals surface area contributed by atoms with Gasteiger partial charge in [-0.1, -0.05) is 48.5 Å². The second kappa shape index (κ2) is 5.25. The zero-order valence-corrected chi connectivity index (χ0v) is 12.5. The molecule has 1 N–H and O–H groups in total. The van der Waals surface area contributed by atoms with Crippen LogP contribution in [0.3, 0.4) is 0 Å². The maximum Gasteiger partial charge on any atom is 0.231 e. The third-order valence-electron chi connectivity index (χ3n) is 3.82. The van der Waals surface area contributed by atoms with Crippen molar-refractivity contribution in [3.63, 3.8) is 0 Å². The number of nitrogens with zero attached hydrogens (tertiary/aromatic N) is 2. The summed E-state index contributed by atoms with van der Waals surface area (Å²) in [4.78, 5) is 8.77. The summed E-state index contributed by atoms with van der Waals surface area (Å²) in [5.41, 5.74) is 2.88. The Morgan fingerprint density at radius 3 is 2.52 bits per heavy atom. The predicted molar refractivity (Wildman–Crippen MR) is 89.1 cm³/mol. The first-order chi connectivity index (χ1) is 11.2. The van der Waals surface area contributed by atoms with Gasteiger partial charge in [0.2, 0.25) is 5.89 Å². The molecule has 0 saturated heterocycles. The Morgan fingerprint density at radius 2 is 1.70 bits per heavy atom. The average molecular weight is 302 g/mol. The molecular formula is C19H14N2O2. The van der Waals surface area contributed by atoms with Crippen molar-refractivity contribution in [1.82, 2.24) is 9.97 Å². The Bertz CT molecular complexity index is 991. The van der Waals surface area contributed by atoms with Crippen molar-refractivity contribution in [3.05, 3.63) is 66.5 Å². The quantitative estimate of drug-likeness (QED) is 0.589. The number of hydrogen-bond donors (Lipinski definition) is 1. The van der Waals surface area contributed by atoms with Crippen molar-refractivity contribution in [2.45, 2.75) is 6.92 Å². The smallest absolute Gasteiger partial charge is 0.231 e. The number of rotatable bonds is 2. The van der Waals surface area contributed by atoms with Gasteiger partial charge < -0.3 is 9.52 Å². The minimum Gasteiger partial charge on any atom is -0.505 e. The van der Waals surface area contributed by atoms with Gasteiger partial charge in [-0.15, -0.1) is 0 Å². The van der Waals surface area contributed by atoms with E-state index in [1.165, 1.54) is 0 Å². The topological polar surface area (TPSA) is 59.2 Å². The van der Waals surface area contributed by atoms with Crippen LogP contribution in [-0.4, -0.2) is 15.1 Å². The van der Waals surface area contributed by atoms with Crippen LogP contribution in [0.4, 0.5) is 0 Å². The lowest BCUT2D eigenvalue weighted by Gasteiger charge is -2.08. The van der Waals surface area contributed by atoms with Crippen LogP contribution < -0.4 is 0 Å². The molecule has 4 heteroatoms. The molecule has 2 aromatic heterocycles. The number of hydrogen-bond acceptors (Lipinski definition) is 4. The van der Waals surface area contributed by atoms with E-state index in [0.717, 1.165) is 16.5 Å². The normalized spacial score (nSPS) is 11.0. The van der Waals surface area contributed by atoms with E-state index in [1.807, 2.05) is 54.6 Å². The third-order valence-corrected chi connectivity index (χ3v) is 3.82. The highest BCUT2D eigenvalue weighted by Gasteiger charge is 2.18. The summed E-state index contributed by atoms with van der Waals surface area (Å²) >= 11 is 0. The SMILES string of the molecule is Cc1nc2ccccc2c(-c2ncc(-c3ccccc3)o2)c1O. The summed E-state index contributed by atoms with van der Waals surface area (Å²) in [6, 6.07) is 17.4. The zero-order valence-electron chi connectivity index (χ0n) is 12.5. The van der Waals surface area contributed by atoms with Crippen molar-refractivity contribution in [2.75, 3.05) is 0 Å². The number of aryl methyl sites for hydroxylation is 1. The van der Waals surface area contributed by atoms with E-state index in [4.69, 9.17) is 4.42 Å². The van der Waals surface area contributed by atoms with E-state index in [1.54, 1.807) is 13.1 Å². The first-order valence-corrected chi connectivity index (χ1v) is 7.34. The van der Waals surface area contributed by atoms with Gasteiger partial charge in [0.15, 0.2) is 5.76 Å². The highest BCUT2D eigenvalue weighted by atomic mass is 16.4. The molecule has 0 saturated carbocycles. The molecule has 0 aliphatic heterocycles. The second-order valence-electron chi connectivity index (χ2n) is 5.33. The molecule has 0 aliphatic rings. The van der Waals surface area contributed by atoms with E-state index in [-0.39, 0.29) is 5.75 Å². The Labute approximate surface area is 133 Å². The predicted octanol–water partition coefficient (Wildman–Crippen LogP) is 4.57. The Balaban J connectivity index is 1.93. The molecule has 0 amide bonds. The Hall–Kier alpha value is -3.14. The Morgan fingerprint density at radius 1 is 0.957 bits per heavy atom. The fourth-order valence-electron chi connectivity index (χ4n) is 2.67. The van der Waals surface area contributed by atoms with E-state index in [2.05, 4.69) is 9.97 Å². The van der Waals surface area contributed by atoms with Crippen LogP contribution in [-0.2, 0) is 0 Å². The van der Waals surface area contributed by atoms with Gasteiger partial charge >= 0.3 is 0 Å². The molecule has 4 nitrogen and oxygen atoms in total. The standard InChI is InChI=1S/C19H14N2O2/c1-12-18(22)17(14-9-5-6-10-15(14)21-12)19-20-11-16(23-19)13-7-3-2-4-8-13/h2-11,22H,1H3. The molecule has 112 valence electrons. The first kappa shape index (κ1) is 13.5. The number of aromatic nitrogens is 2. The number of oxazole rings is 1. The van der Waals surface area contributed by atoms with E-state index in [9.17, 15) is 5.11 Å². The van der Waals surface area contributed by atoms with E-state index in [0.29, 0.717) is 22.9 Å². The van der Waals surface area contributed by atoms with Crippen LogP contribution in [0.1, 0.15) is 5.69 Å². The van der Waals surface area contributed by atoms with Gasteiger partial charge in [-0.25, -0.2) is 9.97 Å². The van der Waals surface area contributed by atoms with Crippen LogP contribution in [0.2, 0.25) is 0 Å². The first-order valence-electron chi connectivity index (χ1n) is 7.34. The van der Waals surface area contributed by atoms with Crippen molar-refractivity contribution < 1.29 is 9.52 Å². The average Bonchev–Trinajstić information content (AvgIpc) is 3.06. The largest absolute Gasteiger partial charge is 0.505 e. The molecule has 0 fully saturated rings. The van der Waals surface area contributed by atoms with Gasteiger partial charge in [-0.3, -0.25) is 0 Å². The zero-order chi connectivity index (χ0) is 15.8. The summed E-state index contributed by atoms with van der Waals surface area (Å²) < 4.78 is 5.90. The van der Waals surface area contributed by atoms with Crippen molar-refractivity contribution in [1.29, 1.82) is 0 Å². The van der Waals surface area contributed by atoms with Gasteiger partial charge in [-0.05, 0) is 13.0 Å². The molecule has 4 aromatic rings. The second-order valence-corrected chi connectivity index (χ2v) is 5.33. The molecule has 0 radical (unpaired) electrons. The van der Waals surface area contributed by atoms with Gasteiger partial charge in [0.25, 0.3) is 0 Å². The van der Waals surface area contributed by atoms with Crippen LogP contribution in [0.15, 0.2) is 65.2 Å². The van der Waals surface area contributed by atoms with Gasteiger partial charge in [0.1, 0.15) is 5.75 Å². The summed E-state index contributed by atoms with van der Waals surface area (Å²) in [5, 5.41) is 11.3. The van der Waals surface area contributed by atoms with Gasteiger partial charge in [0.05, 0.1) is 23.0 Å². The molecule has 2 aromatic carbocycles. The highest BCUT2D eigenvalue weighted by Crippen LogP contribution is 2.38. The monoisotopic (exact) mass is 302 g/mol. The number of pyridine rings is 1. The molecule has 0 aliphatic carbocycles. The fraction of sp³-hybridized carbons (Fsp3) is 0.0526. The minimum absolute atomic E-state index is 0.102. The molecular weight excluding hydrogens is 288 g/mol. The summed E-state index contributed by atoms with van der Waals surface area (Å²) in [5.74, 6) is 1.16. The molecule has 23 heavy (non-hydrogen) atoms. The minimum atomic E-state index is 0.102. The fourth-order valence-corrected chi connectivity index (χ4v) is 2.67. The number of fused-ring (bicyclic) bond motifs is 1. The molecule has 0 spiro atoms. The van der Waals surface area contributed by atoms with Crippen LogP contribution in [0.25, 0.3) is 33.7 Å². The van der Waals surface area contributed by atoms with Gasteiger partial charge in [-0.2, -0.15) is 0 Å². The molecule has 0 bridgehead atoms. The third kappa shape index (κ3) is 2.25. The summed E-state index contributed by atoms with van der Waals surface area (Å²) in [6.45, 7) is 1.77. The molecule has 2 heterocycles. The lowest BCUT2D eigenvalue weighted by molar-refractivity contribution is 0.467. The Kier molecular flexibility index (Phi) is 3.08. The summed E-state index contributed by atoms with van der Waals surface area (Å²) in [7, 11) is 0. The van der Waals surface area contributed by atoms with Crippen LogP contribution in [0, 0.1) is 6.92 Å². The number of para-hydroxylation sites is 1. The molecule has 0 unspecified atom stereocenters. The number of aromatic hydroxyl groups is 1. The number of benzene rings is 2. The van der Waals surface area contributed by atoms with Crippen LogP contribution in [0.5, 0.6) is 5.75 Å². The lowest BCUT2D eigenvalue weighted by atomic mass is 10.1. The van der Waals surface area contributed by atoms with E-state index < -0.39 is 0 Å². The van der Waals surface area contributed by atoms with Gasteiger partial charge in [0, 0.05) is 10.9 Å². The highest BCUT2D eigenvalue weighted by molar-refractivity contribution is 5.96. The molecule has 0 atom stereocenters. The van der Waals surface area contributed by atoms with E-state index >= 15 is 0 Å². The molecule has 4 rings (SSSR count). The maximum absolute atomic E-state index is 10.5. The van der Waals surface area contributed by atoms with Crippen molar-refractivity contribution >= 4 is 10.9 Å². The maximum atomic E-state index is 10.5. The van der Waals surface area contributed by atoms with Crippen LogP contribution >= 0.6 is 0 Å². The lowest BCUT2D eigenvalue weighted by Crippen LogP contribution is -1.90. The summed E-state index contributed by atoms with van der Waals surface area (Å²) in [6.07, 6.45) is 1.68. The van der Waals surface area contributed by atoms with Crippen molar-refractivity contribution in [3.8, 4) is 28.5 Å².